The van der Waals surface area contributed by atoms with Crippen molar-refractivity contribution < 1.29 is 23.1 Å². The molecule has 0 aliphatic carbocycles. The number of benzene rings is 1. The van der Waals surface area contributed by atoms with Crippen LogP contribution in [0.3, 0.4) is 0 Å². The lowest BCUT2D eigenvalue weighted by Gasteiger charge is -2.08. The number of alkyl halides is 3. The van der Waals surface area contributed by atoms with Crippen molar-refractivity contribution in [2.45, 2.75) is 6.18 Å². The molecule has 0 fully saturated rings. The first kappa shape index (κ1) is 11.6. The fourth-order valence-corrected chi connectivity index (χ4v) is 1.09. The minimum atomic E-state index is -5.02. The summed E-state index contributed by atoms with van der Waals surface area (Å²) in [4.78, 5) is 10.8. The van der Waals surface area contributed by atoms with Gasteiger partial charge in [0.2, 0.25) is 0 Å². The van der Waals surface area contributed by atoms with E-state index in [4.69, 9.17) is 22.4 Å². The molecule has 1 aromatic rings. The number of rotatable bonds is 1. The number of Topliss-reactive ketones (excluding diaryl/α,β-unsaturated/α-hetero) is 1. The van der Waals surface area contributed by atoms with Gasteiger partial charge in [0.15, 0.2) is 0 Å². The molecule has 15 heavy (non-hydrogen) atoms. The highest BCUT2D eigenvalue weighted by atomic mass is 35.5. The number of hydrogen-bond acceptors (Lipinski definition) is 3. The third-order valence-electron chi connectivity index (χ3n) is 1.62. The van der Waals surface area contributed by atoms with Gasteiger partial charge in [0, 0.05) is 11.8 Å². The Morgan fingerprint density at radius 2 is 1.93 bits per heavy atom. The summed E-state index contributed by atoms with van der Waals surface area (Å²) in [5.41, 5.74) is 3.90. The maximum Gasteiger partial charge on any atom is 0.454 e. The molecule has 7 heteroatoms. The quantitative estimate of drug-likeness (QED) is 0.584. The lowest BCUT2D eigenvalue weighted by Crippen LogP contribution is -2.23. The fraction of sp³-hybridized carbons (Fsp3) is 0.125. The van der Waals surface area contributed by atoms with Crippen molar-refractivity contribution in [2.24, 2.45) is 0 Å². The molecule has 0 spiro atoms. The Kier molecular flexibility index (Phi) is 2.81. The number of carbonyl (C=O) groups is 1. The lowest BCUT2D eigenvalue weighted by atomic mass is 10.1. The summed E-state index contributed by atoms with van der Waals surface area (Å²) >= 11 is 5.35. The molecule has 1 rings (SSSR count). The Morgan fingerprint density at radius 1 is 1.40 bits per heavy atom. The van der Waals surface area contributed by atoms with Gasteiger partial charge in [0.25, 0.3) is 5.78 Å². The van der Waals surface area contributed by atoms with Gasteiger partial charge in [-0.25, -0.2) is 0 Å². The monoisotopic (exact) mass is 239 g/mol. The number of anilines is 1. The van der Waals surface area contributed by atoms with E-state index in [1.54, 1.807) is 0 Å². The molecule has 1 aromatic carbocycles. The highest BCUT2D eigenvalue weighted by molar-refractivity contribution is 6.32. The maximum absolute atomic E-state index is 12.0. The van der Waals surface area contributed by atoms with Crippen molar-refractivity contribution in [3.8, 4) is 5.75 Å². The van der Waals surface area contributed by atoms with Crippen LogP contribution in [0, 0.1) is 0 Å². The van der Waals surface area contributed by atoms with Crippen LogP contribution in [-0.4, -0.2) is 17.1 Å². The van der Waals surface area contributed by atoms with Crippen molar-refractivity contribution in [2.75, 3.05) is 5.73 Å². The number of phenols is 1. The summed E-state index contributed by atoms with van der Waals surface area (Å²) in [5, 5.41) is 8.64. The van der Waals surface area contributed by atoms with E-state index in [-0.39, 0.29) is 5.02 Å². The molecule has 0 saturated heterocycles. The van der Waals surface area contributed by atoms with E-state index in [1.165, 1.54) is 0 Å². The van der Waals surface area contributed by atoms with Crippen LogP contribution < -0.4 is 5.73 Å². The van der Waals surface area contributed by atoms with Crippen LogP contribution in [0.15, 0.2) is 12.1 Å². The number of halogens is 4. The first-order valence-corrected chi connectivity index (χ1v) is 4.01. The fourth-order valence-electron chi connectivity index (χ4n) is 0.927. The molecule has 3 nitrogen and oxygen atoms in total. The third-order valence-corrected chi connectivity index (χ3v) is 1.92. The Labute approximate surface area is 87.3 Å². The predicted octanol–water partition coefficient (Wildman–Crippen LogP) is 2.37. The molecule has 3 N–H and O–H groups in total. The zero-order chi connectivity index (χ0) is 11.8. The number of ketones is 1. The molecule has 0 atom stereocenters. The molecule has 0 unspecified atom stereocenters. The normalized spacial score (nSPS) is 11.5. The summed E-state index contributed by atoms with van der Waals surface area (Å²) in [6.45, 7) is 0. The van der Waals surface area contributed by atoms with Gasteiger partial charge in [-0.05, 0) is 6.07 Å². The summed E-state index contributed by atoms with van der Waals surface area (Å²) in [6.07, 6.45) is -5.02. The van der Waals surface area contributed by atoms with Crippen LogP contribution in [0.1, 0.15) is 10.4 Å². The Bertz CT molecular complexity index is 417. The van der Waals surface area contributed by atoms with Gasteiger partial charge >= 0.3 is 6.18 Å². The van der Waals surface area contributed by atoms with Crippen LogP contribution in [0.25, 0.3) is 0 Å². The molecular formula is C8H5ClF3NO2. The summed E-state index contributed by atoms with van der Waals surface area (Å²) in [5.74, 6) is -2.57. The van der Waals surface area contributed by atoms with E-state index in [2.05, 4.69) is 0 Å². The standard InChI is InChI=1S/C8H5ClF3NO2/c9-4-1-3(5(13)2-6(4)14)7(15)8(10,11)12/h1-2,14H,13H2. The van der Waals surface area contributed by atoms with Crippen LogP contribution >= 0.6 is 11.6 Å². The van der Waals surface area contributed by atoms with Crippen molar-refractivity contribution in [3.63, 3.8) is 0 Å². The number of carbonyl (C=O) groups excluding carboxylic acids is 1. The minimum Gasteiger partial charge on any atom is -0.506 e. The van der Waals surface area contributed by atoms with Crippen molar-refractivity contribution in [1.82, 2.24) is 0 Å². The number of nitrogens with two attached hydrogens (primary N) is 1. The molecular weight excluding hydrogens is 235 g/mol. The smallest absolute Gasteiger partial charge is 0.454 e. The zero-order valence-corrected chi connectivity index (χ0v) is 7.86. The largest absolute Gasteiger partial charge is 0.506 e. The highest BCUT2D eigenvalue weighted by Crippen LogP contribution is 2.32. The Hall–Kier alpha value is -1.43. The van der Waals surface area contributed by atoms with Gasteiger partial charge in [0.1, 0.15) is 5.75 Å². The molecule has 0 aromatic heterocycles. The molecule has 0 aliphatic heterocycles. The SMILES string of the molecule is Nc1cc(O)c(Cl)cc1C(=O)C(F)(F)F. The average Bonchev–Trinajstić information content (AvgIpc) is 2.08. The second kappa shape index (κ2) is 3.62. The van der Waals surface area contributed by atoms with Crippen molar-refractivity contribution in [1.29, 1.82) is 0 Å². The molecule has 0 heterocycles. The van der Waals surface area contributed by atoms with E-state index in [1.807, 2.05) is 0 Å². The molecule has 0 amide bonds. The van der Waals surface area contributed by atoms with Crippen molar-refractivity contribution in [3.05, 3.63) is 22.7 Å². The number of nitrogen functional groups attached to an aromatic ring is 1. The Balaban J connectivity index is 3.28. The summed E-state index contributed by atoms with van der Waals surface area (Å²) in [7, 11) is 0. The van der Waals surface area contributed by atoms with Gasteiger partial charge in [-0.1, -0.05) is 11.6 Å². The van der Waals surface area contributed by atoms with Crippen LogP contribution in [0.5, 0.6) is 5.75 Å². The van der Waals surface area contributed by atoms with Crippen LogP contribution in [-0.2, 0) is 0 Å². The topological polar surface area (TPSA) is 63.3 Å². The van der Waals surface area contributed by atoms with Gasteiger partial charge in [-0.3, -0.25) is 4.79 Å². The second-order valence-electron chi connectivity index (χ2n) is 2.72. The summed E-state index contributed by atoms with van der Waals surface area (Å²) in [6, 6.07) is 1.48. The second-order valence-corrected chi connectivity index (χ2v) is 3.12. The highest BCUT2D eigenvalue weighted by Gasteiger charge is 2.40. The first-order chi connectivity index (χ1) is 6.73. The number of hydrogen-bond donors (Lipinski definition) is 2. The maximum atomic E-state index is 12.0. The third kappa shape index (κ3) is 2.33. The van der Waals surface area contributed by atoms with E-state index in [0.717, 1.165) is 6.07 Å². The predicted molar refractivity (Wildman–Crippen MR) is 47.9 cm³/mol. The summed E-state index contributed by atoms with van der Waals surface area (Å²) < 4.78 is 36.1. The average molecular weight is 240 g/mol. The Morgan fingerprint density at radius 3 is 2.40 bits per heavy atom. The molecule has 0 aliphatic rings. The van der Waals surface area contributed by atoms with Crippen LogP contribution in [0.2, 0.25) is 5.02 Å². The number of phenolic OH excluding ortho intramolecular Hbond substituents is 1. The molecule has 0 bridgehead atoms. The van der Waals surface area contributed by atoms with Gasteiger partial charge in [-0.2, -0.15) is 13.2 Å². The van der Waals surface area contributed by atoms with Gasteiger partial charge in [-0.15, -0.1) is 0 Å². The minimum absolute atomic E-state index is 0.364. The lowest BCUT2D eigenvalue weighted by molar-refractivity contribution is -0.0884. The van der Waals surface area contributed by atoms with E-state index in [0.29, 0.717) is 6.07 Å². The number of aromatic hydroxyl groups is 1. The zero-order valence-electron chi connectivity index (χ0n) is 7.10. The van der Waals surface area contributed by atoms with Gasteiger partial charge in [0.05, 0.1) is 10.6 Å². The van der Waals surface area contributed by atoms with E-state index in [9.17, 15) is 18.0 Å². The van der Waals surface area contributed by atoms with E-state index >= 15 is 0 Å². The molecule has 0 saturated carbocycles. The van der Waals surface area contributed by atoms with Crippen molar-refractivity contribution >= 4 is 23.1 Å². The molecule has 82 valence electrons. The molecule has 0 radical (unpaired) electrons. The van der Waals surface area contributed by atoms with Gasteiger partial charge < -0.3 is 10.8 Å². The van der Waals surface area contributed by atoms with Crippen LogP contribution in [0.4, 0.5) is 18.9 Å². The first-order valence-electron chi connectivity index (χ1n) is 3.63. The van der Waals surface area contributed by atoms with E-state index < -0.39 is 29.0 Å².